The van der Waals surface area contributed by atoms with Gasteiger partial charge < -0.3 is 20.3 Å². The van der Waals surface area contributed by atoms with E-state index in [4.69, 9.17) is 4.74 Å². The smallest absolute Gasteiger partial charge is 0.330 e. The van der Waals surface area contributed by atoms with Gasteiger partial charge in [-0.15, -0.1) is 0 Å². The molecule has 4 rings (SSSR count). The van der Waals surface area contributed by atoms with Crippen LogP contribution in [0.3, 0.4) is 0 Å². The molecule has 2 heterocycles. The maximum Gasteiger partial charge on any atom is 0.330 e. The molecule has 1 amide bonds. The van der Waals surface area contributed by atoms with Crippen molar-refractivity contribution in [1.82, 2.24) is 14.9 Å². The van der Waals surface area contributed by atoms with Crippen LogP contribution in [-0.2, 0) is 16.1 Å². The summed E-state index contributed by atoms with van der Waals surface area (Å²) in [5.41, 5.74) is -1.35. The van der Waals surface area contributed by atoms with E-state index in [0.717, 1.165) is 27.1 Å². The molecular weight excluding hydrogens is 437 g/mol. The van der Waals surface area contributed by atoms with Crippen molar-refractivity contribution in [2.75, 3.05) is 13.2 Å². The Bertz CT molecular complexity index is 1270. The van der Waals surface area contributed by atoms with Crippen molar-refractivity contribution in [2.45, 2.75) is 31.0 Å². The Balaban J connectivity index is 1.49. The molecule has 0 saturated carbocycles. The number of ether oxygens (including phenoxy) is 1. The van der Waals surface area contributed by atoms with Crippen LogP contribution in [0.1, 0.15) is 22.1 Å². The van der Waals surface area contributed by atoms with Crippen LogP contribution in [0.2, 0.25) is 0 Å². The Labute approximate surface area is 186 Å². The number of hydrogen-bond donors (Lipinski definition) is 4. The summed E-state index contributed by atoms with van der Waals surface area (Å²) < 4.78 is 19.0. The van der Waals surface area contributed by atoms with Crippen molar-refractivity contribution in [3.8, 4) is 0 Å². The fourth-order valence-electron chi connectivity index (χ4n) is 3.83. The number of nitrogens with zero attached hydrogens (tertiary/aromatic N) is 1. The van der Waals surface area contributed by atoms with Crippen molar-refractivity contribution in [3.63, 3.8) is 0 Å². The lowest BCUT2D eigenvalue weighted by Gasteiger charge is -2.18. The lowest BCUT2D eigenvalue weighted by atomic mass is 10.1. The second-order valence-corrected chi connectivity index (χ2v) is 7.69. The first-order valence-electron chi connectivity index (χ1n) is 10.3. The maximum absolute atomic E-state index is 13.0. The molecule has 2 aromatic carbocycles. The molecule has 0 bridgehead atoms. The first-order chi connectivity index (χ1) is 15.9. The van der Waals surface area contributed by atoms with Gasteiger partial charge in [0.05, 0.1) is 6.61 Å². The predicted molar refractivity (Wildman–Crippen MR) is 114 cm³/mol. The van der Waals surface area contributed by atoms with E-state index in [2.05, 4.69) is 10.3 Å². The number of amides is 1. The van der Waals surface area contributed by atoms with Gasteiger partial charge in [-0.25, -0.2) is 4.79 Å². The van der Waals surface area contributed by atoms with Crippen LogP contribution >= 0.6 is 0 Å². The minimum atomic E-state index is -1.64. The molecule has 1 aliphatic heterocycles. The second-order valence-electron chi connectivity index (χ2n) is 7.69. The highest BCUT2D eigenvalue weighted by Crippen LogP contribution is 2.30. The number of benzene rings is 2. The third-order valence-corrected chi connectivity index (χ3v) is 5.60. The zero-order chi connectivity index (χ0) is 23.5. The molecule has 3 aromatic rings. The van der Waals surface area contributed by atoms with E-state index >= 15 is 0 Å². The molecule has 1 saturated heterocycles. The van der Waals surface area contributed by atoms with Gasteiger partial charge in [-0.05, 0) is 27.3 Å². The topological polar surface area (TPSA) is 143 Å². The number of H-pyrrole nitrogens is 1. The molecule has 0 spiro atoms. The SMILES string of the molecule is O=C(NCCc1ccc2ccccc2c1)c1cn([C@@H]2O[C@H](CO)[C@H](O)[C@H]2OF)c(=O)[nH]c1=O. The average molecular weight is 459 g/mol. The largest absolute Gasteiger partial charge is 0.394 e. The van der Waals surface area contributed by atoms with E-state index in [1.54, 1.807) is 0 Å². The number of halogens is 1. The molecule has 4 N–H and O–H groups in total. The quantitative estimate of drug-likeness (QED) is 0.395. The fourth-order valence-corrected chi connectivity index (χ4v) is 3.83. The van der Waals surface area contributed by atoms with Gasteiger partial charge in [0.15, 0.2) is 12.3 Å². The van der Waals surface area contributed by atoms with Crippen LogP contribution in [0.4, 0.5) is 4.53 Å². The van der Waals surface area contributed by atoms with Crippen molar-refractivity contribution in [3.05, 3.63) is 80.6 Å². The van der Waals surface area contributed by atoms with Gasteiger partial charge >= 0.3 is 5.69 Å². The Morgan fingerprint density at radius 2 is 1.97 bits per heavy atom. The molecule has 11 heteroatoms. The van der Waals surface area contributed by atoms with Crippen LogP contribution in [0.5, 0.6) is 0 Å². The van der Waals surface area contributed by atoms with Crippen molar-refractivity contribution < 1.29 is 29.2 Å². The van der Waals surface area contributed by atoms with E-state index in [-0.39, 0.29) is 6.54 Å². The van der Waals surface area contributed by atoms with Gasteiger partial charge in [0.25, 0.3) is 11.5 Å². The van der Waals surface area contributed by atoms with Gasteiger partial charge in [0.1, 0.15) is 17.8 Å². The van der Waals surface area contributed by atoms with Crippen LogP contribution in [0, 0.1) is 0 Å². The summed E-state index contributed by atoms with van der Waals surface area (Å²) in [6.07, 6.45) is -4.51. The summed E-state index contributed by atoms with van der Waals surface area (Å²) in [5, 5.41) is 24.0. The summed E-state index contributed by atoms with van der Waals surface area (Å²) in [6.45, 7) is -0.436. The molecule has 1 aliphatic rings. The lowest BCUT2D eigenvalue weighted by molar-refractivity contribution is -0.221. The van der Waals surface area contributed by atoms with Crippen molar-refractivity contribution in [1.29, 1.82) is 0 Å². The molecule has 0 unspecified atom stereocenters. The number of aromatic nitrogens is 2. The van der Waals surface area contributed by atoms with Gasteiger partial charge in [0.2, 0.25) is 0 Å². The van der Waals surface area contributed by atoms with E-state index in [9.17, 15) is 29.1 Å². The lowest BCUT2D eigenvalue weighted by Crippen LogP contribution is -2.41. The molecule has 0 aliphatic carbocycles. The monoisotopic (exact) mass is 459 g/mol. The minimum absolute atomic E-state index is 0.219. The zero-order valence-corrected chi connectivity index (χ0v) is 17.3. The normalized spacial score (nSPS) is 22.5. The third kappa shape index (κ3) is 4.57. The predicted octanol–water partition coefficient (Wildman–Crippen LogP) is 0.183. The molecule has 10 nitrogen and oxygen atoms in total. The number of nitrogens with one attached hydrogen (secondary N) is 2. The number of carbonyl (C=O) groups excluding carboxylic acids is 1. The number of carbonyl (C=O) groups is 1. The van der Waals surface area contributed by atoms with Gasteiger partial charge in [-0.2, -0.15) is 4.94 Å². The van der Waals surface area contributed by atoms with E-state index in [1.807, 2.05) is 47.4 Å². The van der Waals surface area contributed by atoms with Gasteiger partial charge in [-0.1, -0.05) is 42.5 Å². The Hall–Kier alpha value is -3.38. The van der Waals surface area contributed by atoms with Crippen molar-refractivity contribution >= 4 is 16.7 Å². The van der Waals surface area contributed by atoms with Gasteiger partial charge in [-0.3, -0.25) is 19.1 Å². The standard InChI is InChI=1S/C22H22FN3O7/c23-33-18-17(28)16(11-27)32-21(18)26-10-15(20(30)25-22(26)31)19(29)24-8-7-12-5-6-13-3-1-2-4-14(13)9-12/h1-6,9-10,16-18,21,27-28H,7-8,11H2,(H,24,29)(H,25,30,31)/t16-,17+,18-,21-/m1/s1. The molecule has 174 valence electrons. The van der Waals surface area contributed by atoms with Crippen LogP contribution in [0.15, 0.2) is 58.3 Å². The van der Waals surface area contributed by atoms with Crippen LogP contribution in [0.25, 0.3) is 10.8 Å². The maximum atomic E-state index is 13.0. The van der Waals surface area contributed by atoms with E-state index < -0.39 is 53.9 Å². The van der Waals surface area contributed by atoms with Crippen molar-refractivity contribution in [2.24, 2.45) is 0 Å². The Morgan fingerprint density at radius 1 is 1.21 bits per heavy atom. The summed E-state index contributed by atoms with van der Waals surface area (Å²) in [7, 11) is 0. The number of fused-ring (bicyclic) bond motifs is 1. The first-order valence-corrected chi connectivity index (χ1v) is 10.3. The molecule has 1 aromatic heterocycles. The molecule has 4 atom stereocenters. The number of aromatic amines is 1. The molecule has 0 radical (unpaired) electrons. The average Bonchev–Trinajstić information content (AvgIpc) is 3.14. The summed E-state index contributed by atoms with van der Waals surface area (Å²) >= 11 is 0. The van der Waals surface area contributed by atoms with E-state index in [0.29, 0.717) is 6.42 Å². The number of aliphatic hydroxyl groups is 2. The second kappa shape index (κ2) is 9.63. The Morgan fingerprint density at radius 3 is 2.70 bits per heavy atom. The number of rotatable bonds is 7. The Kier molecular flexibility index (Phi) is 6.65. The summed E-state index contributed by atoms with van der Waals surface area (Å²) in [4.78, 5) is 42.7. The third-order valence-electron chi connectivity index (χ3n) is 5.60. The van der Waals surface area contributed by atoms with E-state index in [1.165, 1.54) is 0 Å². The van der Waals surface area contributed by atoms with Gasteiger partial charge in [0, 0.05) is 12.7 Å². The minimum Gasteiger partial charge on any atom is -0.394 e. The fraction of sp³-hybridized carbons (Fsp3) is 0.318. The van der Waals surface area contributed by atoms with Crippen LogP contribution < -0.4 is 16.6 Å². The highest BCUT2D eigenvalue weighted by atomic mass is 19.3. The highest BCUT2D eigenvalue weighted by Gasteiger charge is 2.47. The molecule has 33 heavy (non-hydrogen) atoms. The first kappa shape index (κ1) is 22.8. The molecular formula is C22H22FN3O7. The number of aliphatic hydroxyl groups excluding tert-OH is 2. The summed E-state index contributed by atoms with van der Waals surface area (Å²) in [6, 6.07) is 13.8. The zero-order valence-electron chi connectivity index (χ0n) is 17.3. The molecule has 1 fully saturated rings. The number of hydrogen-bond acceptors (Lipinski definition) is 7. The highest BCUT2D eigenvalue weighted by molar-refractivity contribution is 5.93. The summed E-state index contributed by atoms with van der Waals surface area (Å²) in [5.74, 6) is -0.749. The van der Waals surface area contributed by atoms with Crippen LogP contribution in [-0.4, -0.2) is 57.1 Å².